The second kappa shape index (κ2) is 11.5. The maximum atomic E-state index is 13.2. The third-order valence-electron chi connectivity index (χ3n) is 6.32. The van der Waals surface area contributed by atoms with E-state index in [1.807, 2.05) is 24.3 Å². The van der Waals surface area contributed by atoms with E-state index in [2.05, 4.69) is 20.4 Å². The van der Waals surface area contributed by atoms with Crippen molar-refractivity contribution in [3.63, 3.8) is 0 Å². The van der Waals surface area contributed by atoms with Crippen molar-refractivity contribution in [2.75, 3.05) is 58.5 Å². The maximum absolute atomic E-state index is 13.2. The van der Waals surface area contributed by atoms with Gasteiger partial charge in [-0.25, -0.2) is 9.59 Å². The molecule has 0 saturated carbocycles. The molecule has 192 valence electrons. The lowest BCUT2D eigenvalue weighted by molar-refractivity contribution is -0.139. The van der Waals surface area contributed by atoms with E-state index in [0.717, 1.165) is 31.9 Å². The zero-order chi connectivity index (χ0) is 25.7. The first-order valence-electron chi connectivity index (χ1n) is 11.9. The zero-order valence-corrected chi connectivity index (χ0v) is 21.4. The summed E-state index contributed by atoms with van der Waals surface area (Å²) in [4.78, 5) is 30.4. The number of urea groups is 1. The molecule has 9 nitrogen and oxygen atoms in total. The predicted molar refractivity (Wildman–Crippen MR) is 138 cm³/mol. The van der Waals surface area contributed by atoms with E-state index >= 15 is 0 Å². The van der Waals surface area contributed by atoms with Crippen molar-refractivity contribution in [1.29, 1.82) is 0 Å². The minimum absolute atomic E-state index is 0.212. The smallest absolute Gasteiger partial charge is 0.338 e. The molecule has 1 atom stereocenters. The minimum Gasteiger partial charge on any atom is -0.493 e. The fourth-order valence-corrected chi connectivity index (χ4v) is 4.81. The molecule has 36 heavy (non-hydrogen) atoms. The lowest BCUT2D eigenvalue weighted by Crippen LogP contribution is -2.51. The number of hydrogen-bond acceptors (Lipinski definition) is 7. The summed E-state index contributed by atoms with van der Waals surface area (Å²) < 4.78 is 16.4. The van der Waals surface area contributed by atoms with Crippen LogP contribution in [0.5, 0.6) is 11.5 Å². The van der Waals surface area contributed by atoms with Crippen LogP contribution < -0.4 is 25.0 Å². The normalized spacial score (nSPS) is 18.4. The average Bonchev–Trinajstić information content (AvgIpc) is 2.88. The van der Waals surface area contributed by atoms with Gasteiger partial charge in [0.25, 0.3) is 0 Å². The van der Waals surface area contributed by atoms with Crippen molar-refractivity contribution in [2.45, 2.75) is 13.0 Å². The van der Waals surface area contributed by atoms with Crippen LogP contribution in [0.1, 0.15) is 18.5 Å². The molecule has 10 heteroatoms. The summed E-state index contributed by atoms with van der Waals surface area (Å²) in [6.07, 6.45) is 0. The van der Waals surface area contributed by atoms with Crippen LogP contribution in [0.25, 0.3) is 0 Å². The van der Waals surface area contributed by atoms with Gasteiger partial charge in [-0.15, -0.1) is 0 Å². The summed E-state index contributed by atoms with van der Waals surface area (Å²) in [7, 11) is 3.07. The number of carbonyl (C=O) groups excluding carboxylic acids is 2. The van der Waals surface area contributed by atoms with E-state index in [9.17, 15) is 9.59 Å². The van der Waals surface area contributed by atoms with Crippen LogP contribution in [0.4, 0.5) is 10.5 Å². The molecule has 2 amide bonds. The van der Waals surface area contributed by atoms with Gasteiger partial charge in [-0.1, -0.05) is 29.8 Å². The summed E-state index contributed by atoms with van der Waals surface area (Å²) in [5, 5.41) is 6.42. The number of carbonyl (C=O) groups is 2. The third-order valence-corrected chi connectivity index (χ3v) is 6.56. The summed E-state index contributed by atoms with van der Waals surface area (Å²) >= 11 is 6.16. The number of anilines is 1. The van der Waals surface area contributed by atoms with Crippen molar-refractivity contribution in [3.8, 4) is 11.5 Å². The molecule has 0 unspecified atom stereocenters. The van der Waals surface area contributed by atoms with Gasteiger partial charge in [-0.05, 0) is 31.2 Å². The van der Waals surface area contributed by atoms with E-state index in [-0.39, 0.29) is 6.61 Å². The molecule has 0 radical (unpaired) electrons. The Morgan fingerprint density at radius 1 is 1.08 bits per heavy atom. The van der Waals surface area contributed by atoms with Gasteiger partial charge in [0.05, 0.1) is 32.4 Å². The summed E-state index contributed by atoms with van der Waals surface area (Å²) in [5.41, 5.74) is 2.55. The van der Waals surface area contributed by atoms with Crippen molar-refractivity contribution in [2.24, 2.45) is 0 Å². The number of methoxy groups -OCH3 is 2. The number of piperazine rings is 1. The monoisotopic (exact) mass is 514 g/mol. The van der Waals surface area contributed by atoms with Crippen molar-refractivity contribution < 1.29 is 23.8 Å². The largest absolute Gasteiger partial charge is 0.493 e. The van der Waals surface area contributed by atoms with Gasteiger partial charge in [-0.3, -0.25) is 4.90 Å². The predicted octanol–water partition coefficient (Wildman–Crippen LogP) is 3.35. The second-order valence-electron chi connectivity index (χ2n) is 8.47. The Kier molecular flexibility index (Phi) is 8.22. The molecule has 2 aromatic carbocycles. The molecular weight excluding hydrogens is 484 g/mol. The highest BCUT2D eigenvalue weighted by Crippen LogP contribution is 2.39. The number of amides is 2. The SMILES string of the molecule is CCOC(=O)C1=C(CN2CCN(c3cccc(Cl)c3)CC2)NC(=O)N[C@H]1c1cccc(OC)c1OC. The van der Waals surface area contributed by atoms with Crippen LogP contribution in [0.2, 0.25) is 5.02 Å². The van der Waals surface area contributed by atoms with Crippen LogP contribution in [-0.4, -0.2) is 70.5 Å². The maximum Gasteiger partial charge on any atom is 0.338 e. The average molecular weight is 515 g/mol. The van der Waals surface area contributed by atoms with E-state index < -0.39 is 18.0 Å². The zero-order valence-electron chi connectivity index (χ0n) is 20.7. The van der Waals surface area contributed by atoms with Crippen molar-refractivity contribution in [3.05, 3.63) is 64.3 Å². The number of hydrogen-bond donors (Lipinski definition) is 2. The molecule has 0 spiro atoms. The molecule has 2 aromatic rings. The second-order valence-corrected chi connectivity index (χ2v) is 8.91. The lowest BCUT2D eigenvalue weighted by Gasteiger charge is -2.38. The van der Waals surface area contributed by atoms with Gasteiger partial charge in [0.1, 0.15) is 0 Å². The molecule has 0 aromatic heterocycles. The van der Waals surface area contributed by atoms with Crippen LogP contribution in [0.3, 0.4) is 0 Å². The fraction of sp³-hybridized carbons (Fsp3) is 0.385. The Morgan fingerprint density at radius 2 is 1.83 bits per heavy atom. The third kappa shape index (κ3) is 5.52. The molecule has 2 aliphatic heterocycles. The molecular formula is C26H31ClN4O5. The van der Waals surface area contributed by atoms with Gasteiger partial charge >= 0.3 is 12.0 Å². The molecule has 4 rings (SSSR count). The van der Waals surface area contributed by atoms with Gasteiger partial charge in [0.2, 0.25) is 0 Å². The Bertz CT molecular complexity index is 1150. The fourth-order valence-electron chi connectivity index (χ4n) is 4.63. The Morgan fingerprint density at radius 3 is 2.50 bits per heavy atom. The number of nitrogens with zero attached hydrogens (tertiary/aromatic N) is 2. The van der Waals surface area contributed by atoms with Crippen LogP contribution >= 0.6 is 11.6 Å². The molecule has 0 bridgehead atoms. The quantitative estimate of drug-likeness (QED) is 0.522. The first-order chi connectivity index (χ1) is 17.4. The minimum atomic E-state index is -0.759. The highest BCUT2D eigenvalue weighted by atomic mass is 35.5. The van der Waals surface area contributed by atoms with Gasteiger partial charge in [-0.2, -0.15) is 0 Å². The Hall–Kier alpha value is -3.43. The van der Waals surface area contributed by atoms with Crippen LogP contribution in [0, 0.1) is 0 Å². The number of ether oxygens (including phenoxy) is 3. The molecule has 1 saturated heterocycles. The Labute approximate surface area is 215 Å². The molecule has 0 aliphatic carbocycles. The molecule has 1 fully saturated rings. The van der Waals surface area contributed by atoms with E-state index in [4.69, 9.17) is 25.8 Å². The first kappa shape index (κ1) is 25.7. The summed E-state index contributed by atoms with van der Waals surface area (Å²) in [5.74, 6) is 0.459. The molecule has 2 aliphatic rings. The summed E-state index contributed by atoms with van der Waals surface area (Å²) in [6.45, 7) is 5.45. The van der Waals surface area contributed by atoms with Gasteiger partial charge < -0.3 is 29.7 Å². The van der Waals surface area contributed by atoms with Crippen molar-refractivity contribution in [1.82, 2.24) is 15.5 Å². The summed E-state index contributed by atoms with van der Waals surface area (Å²) in [6, 6.07) is 12.0. The molecule has 2 N–H and O–H groups in total. The van der Waals surface area contributed by atoms with Gasteiger partial charge in [0.15, 0.2) is 11.5 Å². The number of benzene rings is 2. The van der Waals surface area contributed by atoms with Gasteiger partial charge in [0, 0.05) is 54.7 Å². The first-order valence-corrected chi connectivity index (χ1v) is 12.2. The van der Waals surface area contributed by atoms with E-state index in [1.165, 1.54) is 7.11 Å². The Balaban J connectivity index is 1.62. The van der Waals surface area contributed by atoms with Crippen LogP contribution in [-0.2, 0) is 9.53 Å². The number of para-hydroxylation sites is 1. The van der Waals surface area contributed by atoms with Crippen molar-refractivity contribution >= 4 is 29.3 Å². The highest BCUT2D eigenvalue weighted by Gasteiger charge is 2.36. The number of esters is 1. The lowest BCUT2D eigenvalue weighted by atomic mass is 9.93. The molecule has 2 heterocycles. The number of rotatable bonds is 8. The standard InChI is InChI=1S/C26H31ClN4O5/c1-4-36-25(32)22-20(16-30-11-13-31(14-12-30)18-8-5-7-17(27)15-18)28-26(33)29-23(22)19-9-6-10-21(34-2)24(19)35-3/h5-10,15,23H,4,11-14,16H2,1-3H3,(H2,28,29,33)/t23-/m0/s1. The van der Waals surface area contributed by atoms with E-state index in [0.29, 0.717) is 39.9 Å². The topological polar surface area (TPSA) is 92.4 Å². The number of nitrogens with one attached hydrogen (secondary N) is 2. The highest BCUT2D eigenvalue weighted by molar-refractivity contribution is 6.30. The number of halogens is 1. The van der Waals surface area contributed by atoms with Crippen LogP contribution in [0.15, 0.2) is 53.7 Å². The van der Waals surface area contributed by atoms with E-state index in [1.54, 1.807) is 32.2 Å².